The Hall–Kier alpha value is -0.120. The maximum Gasteiger partial charge on any atom is 0.0595 e. The molecule has 1 aliphatic heterocycles. The molecule has 1 atom stereocenters. The molecule has 82 valence electrons. The van der Waals surface area contributed by atoms with Crippen molar-refractivity contribution in [2.24, 2.45) is 5.73 Å². The van der Waals surface area contributed by atoms with E-state index in [0.717, 1.165) is 6.54 Å². The smallest absolute Gasteiger partial charge is 0.0595 e. The number of hydrogen-bond donors (Lipinski definition) is 2. The average molecular weight is 198 g/mol. The Morgan fingerprint density at radius 2 is 1.86 bits per heavy atom. The fourth-order valence-corrected chi connectivity index (χ4v) is 3.22. The molecule has 1 aliphatic carbocycles. The Labute approximate surface area is 86.3 Å². The highest BCUT2D eigenvalue weighted by atomic mass is 16.3. The van der Waals surface area contributed by atoms with Gasteiger partial charge in [-0.3, -0.25) is 4.90 Å². The van der Waals surface area contributed by atoms with Crippen molar-refractivity contribution in [3.8, 4) is 0 Å². The van der Waals surface area contributed by atoms with Gasteiger partial charge in [0.15, 0.2) is 0 Å². The Balaban J connectivity index is 1.96. The van der Waals surface area contributed by atoms with Crippen LogP contribution in [0.15, 0.2) is 0 Å². The van der Waals surface area contributed by atoms with Crippen molar-refractivity contribution in [3.05, 3.63) is 0 Å². The summed E-state index contributed by atoms with van der Waals surface area (Å²) in [6.07, 6.45) is 8.13. The van der Waals surface area contributed by atoms with E-state index in [0.29, 0.717) is 5.54 Å². The fourth-order valence-electron chi connectivity index (χ4n) is 3.22. The van der Waals surface area contributed by atoms with Crippen molar-refractivity contribution in [1.82, 2.24) is 4.90 Å². The van der Waals surface area contributed by atoms with Crippen molar-refractivity contribution >= 4 is 0 Å². The zero-order valence-electron chi connectivity index (χ0n) is 8.91. The lowest BCUT2D eigenvalue weighted by Crippen LogP contribution is -2.48. The standard InChI is InChI=1S/C11H22N2O/c12-10(9-14)8-13-7-3-6-11(13)4-1-2-5-11/h10,14H,1-9,12H2. The van der Waals surface area contributed by atoms with Crippen molar-refractivity contribution in [3.63, 3.8) is 0 Å². The Bertz CT molecular complexity index is 184. The van der Waals surface area contributed by atoms with Gasteiger partial charge in [0.25, 0.3) is 0 Å². The van der Waals surface area contributed by atoms with E-state index in [9.17, 15) is 0 Å². The second kappa shape index (κ2) is 4.17. The molecule has 1 saturated heterocycles. The lowest BCUT2D eigenvalue weighted by Gasteiger charge is -2.36. The van der Waals surface area contributed by atoms with Crippen molar-refractivity contribution < 1.29 is 5.11 Å². The first kappa shape index (κ1) is 10.4. The molecule has 1 unspecified atom stereocenters. The second-order valence-electron chi connectivity index (χ2n) is 4.92. The first-order valence-corrected chi connectivity index (χ1v) is 5.88. The summed E-state index contributed by atoms with van der Waals surface area (Å²) < 4.78 is 0. The predicted octanol–water partition coefficient (Wildman–Crippen LogP) is 0.715. The van der Waals surface area contributed by atoms with Gasteiger partial charge in [-0.25, -0.2) is 0 Å². The van der Waals surface area contributed by atoms with Gasteiger partial charge < -0.3 is 10.8 Å². The number of likely N-dealkylation sites (tertiary alicyclic amines) is 1. The van der Waals surface area contributed by atoms with Crippen LogP contribution < -0.4 is 5.73 Å². The lowest BCUT2D eigenvalue weighted by atomic mass is 9.94. The molecule has 14 heavy (non-hydrogen) atoms. The fraction of sp³-hybridized carbons (Fsp3) is 1.00. The van der Waals surface area contributed by atoms with E-state index in [1.165, 1.54) is 45.1 Å². The molecular weight excluding hydrogens is 176 g/mol. The van der Waals surface area contributed by atoms with E-state index in [2.05, 4.69) is 4.90 Å². The zero-order valence-corrected chi connectivity index (χ0v) is 8.91. The van der Waals surface area contributed by atoms with Crippen molar-refractivity contribution in [1.29, 1.82) is 0 Å². The highest BCUT2D eigenvalue weighted by Crippen LogP contribution is 2.42. The van der Waals surface area contributed by atoms with Crippen LogP contribution in [0.2, 0.25) is 0 Å². The lowest BCUT2D eigenvalue weighted by molar-refractivity contribution is 0.119. The number of aliphatic hydroxyl groups excluding tert-OH is 1. The maximum atomic E-state index is 8.97. The average Bonchev–Trinajstić information content (AvgIpc) is 2.79. The van der Waals surface area contributed by atoms with Crippen LogP contribution in [0.3, 0.4) is 0 Å². The maximum absolute atomic E-state index is 8.97. The van der Waals surface area contributed by atoms with Gasteiger partial charge in [0.05, 0.1) is 6.61 Å². The first-order chi connectivity index (χ1) is 6.77. The van der Waals surface area contributed by atoms with Crippen LogP contribution in [0.4, 0.5) is 0 Å². The van der Waals surface area contributed by atoms with Gasteiger partial charge in [-0.1, -0.05) is 12.8 Å². The molecule has 0 bridgehead atoms. The third kappa shape index (κ3) is 1.81. The summed E-state index contributed by atoms with van der Waals surface area (Å²) >= 11 is 0. The van der Waals surface area contributed by atoms with Gasteiger partial charge in [0.1, 0.15) is 0 Å². The van der Waals surface area contributed by atoms with Crippen LogP contribution in [-0.2, 0) is 0 Å². The first-order valence-electron chi connectivity index (χ1n) is 5.88. The van der Waals surface area contributed by atoms with Gasteiger partial charge in [0.2, 0.25) is 0 Å². The molecule has 1 saturated carbocycles. The van der Waals surface area contributed by atoms with Gasteiger partial charge in [0, 0.05) is 18.1 Å². The molecule has 2 rings (SSSR count). The predicted molar refractivity (Wildman–Crippen MR) is 57.1 cm³/mol. The van der Waals surface area contributed by atoms with Crippen LogP contribution in [0.25, 0.3) is 0 Å². The van der Waals surface area contributed by atoms with Crippen LogP contribution in [0.1, 0.15) is 38.5 Å². The van der Waals surface area contributed by atoms with Crippen LogP contribution in [-0.4, -0.2) is 41.3 Å². The quantitative estimate of drug-likeness (QED) is 0.702. The van der Waals surface area contributed by atoms with Crippen LogP contribution >= 0.6 is 0 Å². The molecule has 0 aromatic heterocycles. The number of nitrogens with zero attached hydrogens (tertiary/aromatic N) is 1. The molecule has 0 radical (unpaired) electrons. The van der Waals surface area contributed by atoms with Crippen LogP contribution in [0.5, 0.6) is 0 Å². The summed E-state index contributed by atoms with van der Waals surface area (Å²) in [6.45, 7) is 2.19. The molecular formula is C11H22N2O. The summed E-state index contributed by atoms with van der Waals surface area (Å²) in [4.78, 5) is 2.54. The van der Waals surface area contributed by atoms with E-state index in [1.54, 1.807) is 0 Å². The van der Waals surface area contributed by atoms with Crippen molar-refractivity contribution in [2.75, 3.05) is 19.7 Å². The van der Waals surface area contributed by atoms with Gasteiger partial charge in [-0.15, -0.1) is 0 Å². The van der Waals surface area contributed by atoms with E-state index < -0.39 is 0 Å². The summed E-state index contributed by atoms with van der Waals surface area (Å²) in [6, 6.07) is -0.0504. The molecule has 1 heterocycles. The molecule has 3 nitrogen and oxygen atoms in total. The third-order valence-electron chi connectivity index (χ3n) is 3.96. The van der Waals surface area contributed by atoms with Gasteiger partial charge >= 0.3 is 0 Å². The SMILES string of the molecule is NC(CO)CN1CCCC12CCCC2. The molecule has 0 aromatic carbocycles. The molecule has 2 fully saturated rings. The Kier molecular flexibility index (Phi) is 3.10. The highest BCUT2D eigenvalue weighted by Gasteiger charge is 2.42. The summed E-state index contributed by atoms with van der Waals surface area (Å²) in [5.41, 5.74) is 6.29. The van der Waals surface area contributed by atoms with E-state index in [-0.39, 0.29) is 12.6 Å². The number of nitrogens with two attached hydrogens (primary N) is 1. The third-order valence-corrected chi connectivity index (χ3v) is 3.96. The summed E-state index contributed by atoms with van der Waals surface area (Å²) in [7, 11) is 0. The molecule has 3 heteroatoms. The minimum Gasteiger partial charge on any atom is -0.395 e. The molecule has 3 N–H and O–H groups in total. The monoisotopic (exact) mass is 198 g/mol. The molecule has 0 aromatic rings. The van der Waals surface area contributed by atoms with E-state index in [4.69, 9.17) is 10.8 Å². The Morgan fingerprint density at radius 1 is 1.21 bits per heavy atom. The highest BCUT2D eigenvalue weighted by molar-refractivity contribution is 4.99. The number of aliphatic hydroxyl groups is 1. The molecule has 1 spiro atoms. The number of rotatable bonds is 3. The van der Waals surface area contributed by atoms with E-state index in [1.807, 2.05) is 0 Å². The number of hydrogen-bond acceptors (Lipinski definition) is 3. The van der Waals surface area contributed by atoms with Crippen molar-refractivity contribution in [2.45, 2.75) is 50.1 Å². The summed E-state index contributed by atoms with van der Waals surface area (Å²) in [5.74, 6) is 0. The largest absolute Gasteiger partial charge is 0.395 e. The Morgan fingerprint density at radius 3 is 2.50 bits per heavy atom. The molecule has 0 amide bonds. The molecule has 2 aliphatic rings. The summed E-state index contributed by atoms with van der Waals surface area (Å²) in [5, 5.41) is 8.97. The van der Waals surface area contributed by atoms with E-state index >= 15 is 0 Å². The minimum atomic E-state index is -0.0504. The minimum absolute atomic E-state index is 0.0504. The topological polar surface area (TPSA) is 49.5 Å². The van der Waals surface area contributed by atoms with Gasteiger partial charge in [-0.05, 0) is 32.2 Å². The van der Waals surface area contributed by atoms with Gasteiger partial charge in [-0.2, -0.15) is 0 Å². The second-order valence-corrected chi connectivity index (χ2v) is 4.92. The van der Waals surface area contributed by atoms with Crippen LogP contribution in [0, 0.1) is 0 Å². The normalized spacial score (nSPS) is 28.7. The zero-order chi connectivity index (χ0) is 10.0.